The first-order valence-electron chi connectivity index (χ1n) is 6.62. The van der Waals surface area contributed by atoms with Gasteiger partial charge in [0, 0.05) is 5.56 Å². The van der Waals surface area contributed by atoms with Gasteiger partial charge in [-0.1, -0.05) is 13.8 Å². The Kier molecular flexibility index (Phi) is 5.67. The van der Waals surface area contributed by atoms with Crippen molar-refractivity contribution in [1.29, 1.82) is 0 Å². The van der Waals surface area contributed by atoms with E-state index in [1.165, 1.54) is 6.92 Å². The van der Waals surface area contributed by atoms with Crippen LogP contribution in [0.5, 0.6) is 0 Å². The molecule has 0 aliphatic rings. The van der Waals surface area contributed by atoms with Crippen molar-refractivity contribution in [3.05, 3.63) is 28.8 Å². The fourth-order valence-electron chi connectivity index (χ4n) is 2.26. The molecule has 0 atom stereocenters. The zero-order chi connectivity index (χ0) is 17.3. The topological polar surface area (TPSA) is 51.2 Å². The average Bonchev–Trinajstić information content (AvgIpc) is 2.37. The first-order valence-corrected chi connectivity index (χ1v) is 8.54. The third-order valence-electron chi connectivity index (χ3n) is 3.50. The molecule has 0 aliphatic heterocycles. The van der Waals surface area contributed by atoms with Gasteiger partial charge in [0.1, 0.15) is 0 Å². The van der Waals surface area contributed by atoms with Crippen LogP contribution in [0.2, 0.25) is 0 Å². The van der Waals surface area contributed by atoms with Gasteiger partial charge in [-0.25, -0.2) is 8.42 Å². The van der Waals surface area contributed by atoms with Crippen LogP contribution in [0, 0.1) is 6.92 Å². The summed E-state index contributed by atoms with van der Waals surface area (Å²) in [5.74, 6) is 0. The first kappa shape index (κ1) is 19.0. The minimum absolute atomic E-state index is 0.0949. The molecule has 0 aromatic heterocycles. The van der Waals surface area contributed by atoms with Crippen LogP contribution in [0.15, 0.2) is 17.0 Å². The van der Waals surface area contributed by atoms with E-state index in [4.69, 9.17) is 11.6 Å². The zero-order valence-corrected chi connectivity index (χ0v) is 13.9. The molecule has 0 saturated heterocycles. The van der Waals surface area contributed by atoms with Crippen LogP contribution in [0.3, 0.4) is 0 Å². The lowest BCUT2D eigenvalue weighted by atomic mass is 10.1. The standard InChI is InChI=1S/C14H16ClF3O3S/c1-4-9(5-2)22(20,21)12-6-8(3)10(13(15)19)7-11(12)14(16,17)18/h6-7,9H,4-5H2,1-3H3. The number of hydrogen-bond donors (Lipinski definition) is 0. The number of halogens is 4. The number of benzene rings is 1. The van der Waals surface area contributed by atoms with Gasteiger partial charge in [-0.05, 0) is 49.1 Å². The summed E-state index contributed by atoms with van der Waals surface area (Å²) < 4.78 is 64.6. The first-order chi connectivity index (χ1) is 9.96. The normalized spacial score (nSPS) is 12.7. The monoisotopic (exact) mass is 356 g/mol. The molecule has 0 bridgehead atoms. The molecule has 0 amide bonds. The quantitative estimate of drug-likeness (QED) is 0.737. The smallest absolute Gasteiger partial charge is 0.276 e. The number of carbonyl (C=O) groups excluding carboxylic acids is 1. The Balaban J connectivity index is 3.75. The summed E-state index contributed by atoms with van der Waals surface area (Å²) in [5.41, 5.74) is -1.61. The third-order valence-corrected chi connectivity index (χ3v) is 6.20. The van der Waals surface area contributed by atoms with Crippen LogP contribution < -0.4 is 0 Å². The van der Waals surface area contributed by atoms with E-state index in [1.54, 1.807) is 13.8 Å². The molecule has 0 radical (unpaired) electrons. The second-order valence-corrected chi connectivity index (χ2v) is 7.46. The predicted octanol–water partition coefficient (Wildman–Crippen LogP) is 4.36. The molecular formula is C14H16ClF3O3S. The van der Waals surface area contributed by atoms with Gasteiger partial charge in [0.2, 0.25) is 0 Å². The molecule has 0 spiro atoms. The van der Waals surface area contributed by atoms with Crippen LogP contribution in [0.4, 0.5) is 13.2 Å². The van der Waals surface area contributed by atoms with Crippen molar-refractivity contribution in [1.82, 2.24) is 0 Å². The number of carbonyl (C=O) groups is 1. The van der Waals surface area contributed by atoms with Crippen molar-refractivity contribution >= 4 is 26.7 Å². The number of alkyl halides is 3. The highest BCUT2D eigenvalue weighted by molar-refractivity contribution is 7.92. The predicted molar refractivity (Wildman–Crippen MR) is 77.9 cm³/mol. The number of rotatable bonds is 5. The fraction of sp³-hybridized carbons (Fsp3) is 0.500. The van der Waals surface area contributed by atoms with E-state index >= 15 is 0 Å². The summed E-state index contributed by atoms with van der Waals surface area (Å²) >= 11 is 5.26. The van der Waals surface area contributed by atoms with Crippen molar-refractivity contribution in [3.8, 4) is 0 Å². The van der Waals surface area contributed by atoms with E-state index in [0.29, 0.717) is 6.07 Å². The van der Waals surface area contributed by atoms with Crippen LogP contribution in [-0.4, -0.2) is 18.9 Å². The lowest BCUT2D eigenvalue weighted by Gasteiger charge is -2.19. The highest BCUT2D eigenvalue weighted by Gasteiger charge is 2.40. The van der Waals surface area contributed by atoms with Gasteiger partial charge in [0.25, 0.3) is 5.24 Å². The van der Waals surface area contributed by atoms with Crippen molar-refractivity contribution in [3.63, 3.8) is 0 Å². The summed E-state index contributed by atoms with van der Waals surface area (Å²) in [5, 5.41) is -1.97. The van der Waals surface area contributed by atoms with Gasteiger partial charge in [0.15, 0.2) is 9.84 Å². The molecule has 0 saturated carbocycles. The van der Waals surface area contributed by atoms with Crippen molar-refractivity contribution in [2.75, 3.05) is 0 Å². The Morgan fingerprint density at radius 2 is 1.73 bits per heavy atom. The van der Waals surface area contributed by atoms with Gasteiger partial charge in [-0.3, -0.25) is 4.79 Å². The molecule has 8 heteroatoms. The van der Waals surface area contributed by atoms with E-state index in [-0.39, 0.29) is 24.0 Å². The summed E-state index contributed by atoms with van der Waals surface area (Å²) in [6, 6.07) is 1.39. The lowest BCUT2D eigenvalue weighted by Crippen LogP contribution is -2.24. The second kappa shape index (κ2) is 6.58. The molecular weight excluding hydrogens is 341 g/mol. The maximum Gasteiger partial charge on any atom is 0.417 e. The highest BCUT2D eigenvalue weighted by atomic mass is 35.5. The van der Waals surface area contributed by atoms with Crippen LogP contribution in [0.25, 0.3) is 0 Å². The summed E-state index contributed by atoms with van der Waals surface area (Å²) in [6.45, 7) is 4.55. The Morgan fingerprint density at radius 1 is 1.23 bits per heavy atom. The van der Waals surface area contributed by atoms with E-state index in [2.05, 4.69) is 0 Å². The zero-order valence-electron chi connectivity index (χ0n) is 12.3. The molecule has 1 rings (SSSR count). The molecule has 3 nitrogen and oxygen atoms in total. The maximum absolute atomic E-state index is 13.2. The van der Waals surface area contributed by atoms with Gasteiger partial charge in [0.05, 0.1) is 15.7 Å². The largest absolute Gasteiger partial charge is 0.417 e. The SMILES string of the molecule is CCC(CC)S(=O)(=O)c1cc(C)c(C(=O)Cl)cc1C(F)(F)F. The van der Waals surface area contributed by atoms with Gasteiger partial charge in [-0.15, -0.1) is 0 Å². The number of sulfone groups is 1. The van der Waals surface area contributed by atoms with Crippen molar-refractivity contribution in [2.45, 2.75) is 49.9 Å². The Hall–Kier alpha value is -1.08. The summed E-state index contributed by atoms with van der Waals surface area (Å²) in [6.07, 6.45) is -4.50. The van der Waals surface area contributed by atoms with Gasteiger partial charge >= 0.3 is 6.18 Å². The van der Waals surface area contributed by atoms with Gasteiger partial charge < -0.3 is 0 Å². The Labute approximate surface area is 132 Å². The van der Waals surface area contributed by atoms with Crippen molar-refractivity contribution in [2.24, 2.45) is 0 Å². The second-order valence-electron chi connectivity index (χ2n) is 4.92. The number of hydrogen-bond acceptors (Lipinski definition) is 3. The Bertz CT molecular complexity index is 677. The molecule has 1 aromatic carbocycles. The molecule has 0 N–H and O–H groups in total. The molecule has 0 fully saturated rings. The van der Waals surface area contributed by atoms with Crippen LogP contribution >= 0.6 is 11.6 Å². The average molecular weight is 357 g/mol. The van der Waals surface area contributed by atoms with Crippen molar-refractivity contribution < 1.29 is 26.4 Å². The molecule has 0 aliphatic carbocycles. The molecule has 0 unspecified atom stereocenters. The van der Waals surface area contributed by atoms with E-state index in [0.717, 1.165) is 6.07 Å². The number of aryl methyl sites for hydroxylation is 1. The summed E-state index contributed by atoms with van der Waals surface area (Å²) in [7, 11) is -4.15. The van der Waals surface area contributed by atoms with E-state index in [9.17, 15) is 26.4 Å². The molecule has 1 aromatic rings. The fourth-order valence-corrected chi connectivity index (χ4v) is 4.52. The minimum atomic E-state index is -4.90. The third kappa shape index (κ3) is 3.63. The van der Waals surface area contributed by atoms with Crippen LogP contribution in [-0.2, 0) is 16.0 Å². The maximum atomic E-state index is 13.2. The van der Waals surface area contributed by atoms with E-state index in [1.807, 2.05) is 0 Å². The minimum Gasteiger partial charge on any atom is -0.276 e. The Morgan fingerprint density at radius 3 is 2.09 bits per heavy atom. The van der Waals surface area contributed by atoms with Gasteiger partial charge in [-0.2, -0.15) is 13.2 Å². The molecule has 124 valence electrons. The molecule has 22 heavy (non-hydrogen) atoms. The van der Waals surface area contributed by atoms with Crippen LogP contribution in [0.1, 0.15) is 48.2 Å². The summed E-state index contributed by atoms with van der Waals surface area (Å²) in [4.78, 5) is 10.4. The molecule has 0 heterocycles. The van der Waals surface area contributed by atoms with E-state index < -0.39 is 37.0 Å². The highest BCUT2D eigenvalue weighted by Crippen LogP contribution is 2.38. The lowest BCUT2D eigenvalue weighted by molar-refractivity contribution is -0.139.